The highest BCUT2D eigenvalue weighted by Gasteiger charge is 2.33. The van der Waals surface area contributed by atoms with Gasteiger partial charge in [0.25, 0.3) is 0 Å². The van der Waals surface area contributed by atoms with Gasteiger partial charge in [-0.05, 0) is 33.6 Å². The minimum atomic E-state index is -0.764. The second-order valence-electron chi connectivity index (χ2n) is 7.33. The number of aliphatic carboxylic acids is 1. The first-order chi connectivity index (χ1) is 10.7. The number of amides is 1. The third kappa shape index (κ3) is 7.68. The van der Waals surface area contributed by atoms with Crippen LogP contribution >= 0.6 is 0 Å². The first kappa shape index (κ1) is 19.7. The van der Waals surface area contributed by atoms with Crippen LogP contribution in [0.15, 0.2) is 0 Å². The summed E-state index contributed by atoms with van der Waals surface area (Å²) in [5.41, 5.74) is -0.523. The van der Waals surface area contributed by atoms with Gasteiger partial charge in [-0.3, -0.25) is 9.69 Å². The number of nitrogens with one attached hydrogen (secondary N) is 1. The van der Waals surface area contributed by atoms with Gasteiger partial charge in [0.2, 0.25) is 0 Å². The van der Waals surface area contributed by atoms with Crippen LogP contribution in [0.1, 0.15) is 66.2 Å². The van der Waals surface area contributed by atoms with Crippen LogP contribution in [0.5, 0.6) is 0 Å². The first-order valence-corrected chi connectivity index (χ1v) is 8.69. The summed E-state index contributed by atoms with van der Waals surface area (Å²) in [7, 11) is 0. The number of carbonyl (C=O) groups is 2. The molecule has 1 saturated heterocycles. The molecule has 0 aromatic rings. The third-order valence-electron chi connectivity index (χ3n) is 4.00. The van der Waals surface area contributed by atoms with Crippen molar-refractivity contribution in [3.05, 3.63) is 0 Å². The van der Waals surface area contributed by atoms with Crippen molar-refractivity contribution >= 4 is 12.1 Å². The molecule has 1 aliphatic heterocycles. The number of ether oxygens (including phenoxy) is 1. The molecule has 6 heteroatoms. The van der Waals surface area contributed by atoms with Gasteiger partial charge in [-0.25, -0.2) is 4.79 Å². The van der Waals surface area contributed by atoms with Gasteiger partial charge < -0.3 is 15.2 Å². The number of hydrogen-bond acceptors (Lipinski definition) is 4. The van der Waals surface area contributed by atoms with Gasteiger partial charge in [-0.15, -0.1) is 0 Å². The molecule has 1 amide bonds. The second-order valence-corrected chi connectivity index (χ2v) is 7.33. The van der Waals surface area contributed by atoms with E-state index in [1.807, 2.05) is 25.7 Å². The van der Waals surface area contributed by atoms with Gasteiger partial charge in [-0.1, -0.05) is 32.6 Å². The highest BCUT2D eigenvalue weighted by molar-refractivity contribution is 5.73. The monoisotopic (exact) mass is 328 g/mol. The molecule has 0 radical (unpaired) electrons. The van der Waals surface area contributed by atoms with E-state index in [4.69, 9.17) is 4.74 Å². The van der Waals surface area contributed by atoms with Crippen LogP contribution in [0.4, 0.5) is 4.79 Å². The average molecular weight is 328 g/mol. The molecule has 1 heterocycles. The minimum absolute atomic E-state index is 0.0395. The summed E-state index contributed by atoms with van der Waals surface area (Å²) in [6.45, 7) is 8.89. The molecule has 1 aliphatic rings. The number of unbranched alkanes of at least 4 members (excludes halogenated alkanes) is 3. The molecule has 0 aromatic heterocycles. The number of rotatable bonds is 8. The molecule has 2 N–H and O–H groups in total. The lowest BCUT2D eigenvalue weighted by Crippen LogP contribution is -2.44. The maximum Gasteiger partial charge on any atom is 0.407 e. The van der Waals surface area contributed by atoms with Crippen molar-refractivity contribution in [2.24, 2.45) is 0 Å². The maximum atomic E-state index is 11.8. The summed E-state index contributed by atoms with van der Waals surface area (Å²) in [4.78, 5) is 25.3. The van der Waals surface area contributed by atoms with Crippen LogP contribution in [0.25, 0.3) is 0 Å². The smallest absolute Gasteiger partial charge is 0.407 e. The summed E-state index contributed by atoms with van der Waals surface area (Å²) in [5.74, 6) is -0.764. The number of nitrogens with zero attached hydrogens (tertiary/aromatic N) is 1. The van der Waals surface area contributed by atoms with Crippen molar-refractivity contribution in [3.63, 3.8) is 0 Å². The molecular formula is C17H32N2O4. The van der Waals surface area contributed by atoms with Gasteiger partial charge in [0.1, 0.15) is 11.6 Å². The number of carbonyl (C=O) groups excluding carboxylic acids is 1. The summed E-state index contributed by atoms with van der Waals surface area (Å²) in [5, 5.41) is 12.3. The third-order valence-corrected chi connectivity index (χ3v) is 4.00. The van der Waals surface area contributed by atoms with Crippen LogP contribution in [-0.4, -0.2) is 52.8 Å². The zero-order valence-corrected chi connectivity index (χ0v) is 14.9. The Labute approximate surface area is 139 Å². The van der Waals surface area contributed by atoms with Gasteiger partial charge in [0, 0.05) is 19.1 Å². The van der Waals surface area contributed by atoms with Gasteiger partial charge in [0.15, 0.2) is 0 Å². The quantitative estimate of drug-likeness (QED) is 0.670. The number of likely N-dealkylation sites (tertiary alicyclic amines) is 1. The standard InChI is InChI=1S/C17H32N2O4/c1-5-6-7-8-9-14(15(20)21)19-11-10-13(12-19)18-16(22)23-17(2,3)4/h13-14H,5-12H2,1-4H3,(H,18,22)(H,20,21)/t13-,14?/m1/s1. The Balaban J connectivity index is 2.43. The lowest BCUT2D eigenvalue weighted by Gasteiger charge is -2.25. The number of carboxylic acid groups (broad SMARTS) is 1. The van der Waals surface area contributed by atoms with E-state index in [2.05, 4.69) is 12.2 Å². The highest BCUT2D eigenvalue weighted by atomic mass is 16.6. The largest absolute Gasteiger partial charge is 0.480 e. The Morgan fingerprint density at radius 3 is 2.57 bits per heavy atom. The van der Waals surface area contributed by atoms with Crippen molar-refractivity contribution in [3.8, 4) is 0 Å². The summed E-state index contributed by atoms with van der Waals surface area (Å²) in [6.07, 6.45) is 5.31. The van der Waals surface area contributed by atoms with Crippen LogP contribution in [0.2, 0.25) is 0 Å². The fourth-order valence-electron chi connectivity index (χ4n) is 2.89. The number of alkyl carbamates (subject to hydrolysis) is 1. The van der Waals surface area contributed by atoms with E-state index >= 15 is 0 Å². The molecule has 1 rings (SSSR count). The van der Waals surface area contributed by atoms with Gasteiger partial charge >= 0.3 is 12.1 Å². The Kier molecular flexibility index (Phi) is 7.82. The molecule has 0 saturated carbocycles. The summed E-state index contributed by atoms with van der Waals surface area (Å²) >= 11 is 0. The SMILES string of the molecule is CCCCCCC(C(=O)O)N1CC[C@@H](NC(=O)OC(C)(C)C)C1. The van der Waals surface area contributed by atoms with Gasteiger partial charge in [-0.2, -0.15) is 0 Å². The zero-order valence-electron chi connectivity index (χ0n) is 14.9. The molecule has 0 bridgehead atoms. The number of carboxylic acids is 1. The van der Waals surface area contributed by atoms with Crippen molar-refractivity contribution in [2.45, 2.75) is 83.9 Å². The van der Waals surface area contributed by atoms with Crippen LogP contribution in [0.3, 0.4) is 0 Å². The Hall–Kier alpha value is -1.30. The molecule has 1 fully saturated rings. The molecule has 2 atom stereocenters. The van der Waals surface area contributed by atoms with E-state index in [0.29, 0.717) is 19.5 Å². The molecule has 0 aromatic carbocycles. The Bertz CT molecular complexity index is 393. The Morgan fingerprint density at radius 1 is 1.30 bits per heavy atom. The van der Waals surface area contributed by atoms with E-state index < -0.39 is 23.7 Å². The van der Waals surface area contributed by atoms with Crippen LogP contribution in [-0.2, 0) is 9.53 Å². The van der Waals surface area contributed by atoms with Crippen molar-refractivity contribution < 1.29 is 19.4 Å². The first-order valence-electron chi connectivity index (χ1n) is 8.69. The van der Waals surface area contributed by atoms with Crippen LogP contribution < -0.4 is 5.32 Å². The summed E-state index contributed by atoms with van der Waals surface area (Å²) in [6, 6.07) is -0.486. The van der Waals surface area contributed by atoms with E-state index in [1.165, 1.54) is 0 Å². The molecule has 0 spiro atoms. The minimum Gasteiger partial charge on any atom is -0.480 e. The molecule has 1 unspecified atom stereocenters. The predicted octanol–water partition coefficient (Wildman–Crippen LogP) is 3.01. The second kappa shape index (κ2) is 9.11. The Morgan fingerprint density at radius 2 is 2.00 bits per heavy atom. The normalized spacial score (nSPS) is 20.3. The molecule has 6 nitrogen and oxygen atoms in total. The highest BCUT2D eigenvalue weighted by Crippen LogP contribution is 2.18. The fraction of sp³-hybridized carbons (Fsp3) is 0.882. The predicted molar refractivity (Wildman–Crippen MR) is 89.5 cm³/mol. The zero-order chi connectivity index (χ0) is 17.5. The van der Waals surface area contributed by atoms with Crippen molar-refractivity contribution in [1.29, 1.82) is 0 Å². The van der Waals surface area contributed by atoms with Crippen molar-refractivity contribution in [1.82, 2.24) is 10.2 Å². The molecule has 0 aliphatic carbocycles. The maximum absolute atomic E-state index is 11.8. The van der Waals surface area contributed by atoms with Gasteiger partial charge in [0.05, 0.1) is 0 Å². The fourth-order valence-corrected chi connectivity index (χ4v) is 2.89. The number of hydrogen-bond donors (Lipinski definition) is 2. The summed E-state index contributed by atoms with van der Waals surface area (Å²) < 4.78 is 5.25. The molecule has 23 heavy (non-hydrogen) atoms. The average Bonchev–Trinajstić information content (AvgIpc) is 2.84. The lowest BCUT2D eigenvalue weighted by molar-refractivity contribution is -0.143. The lowest BCUT2D eigenvalue weighted by atomic mass is 10.1. The van der Waals surface area contributed by atoms with E-state index in [0.717, 1.165) is 32.1 Å². The van der Waals surface area contributed by atoms with Crippen molar-refractivity contribution in [2.75, 3.05) is 13.1 Å². The van der Waals surface area contributed by atoms with E-state index in [-0.39, 0.29) is 6.04 Å². The van der Waals surface area contributed by atoms with Crippen LogP contribution in [0, 0.1) is 0 Å². The molecular weight excluding hydrogens is 296 g/mol. The van der Waals surface area contributed by atoms with E-state index in [9.17, 15) is 14.7 Å². The molecule has 134 valence electrons. The van der Waals surface area contributed by atoms with E-state index in [1.54, 1.807) is 0 Å². The topological polar surface area (TPSA) is 78.9 Å².